The number of methoxy groups -OCH3 is 1. The van der Waals surface area contributed by atoms with Crippen molar-refractivity contribution in [3.8, 4) is 5.75 Å². The number of amides is 2. The Morgan fingerprint density at radius 3 is 2.83 bits per heavy atom. The molecule has 1 aromatic rings. The highest BCUT2D eigenvalue weighted by Crippen LogP contribution is 2.40. The summed E-state index contributed by atoms with van der Waals surface area (Å²) in [4.78, 5) is 31.9. The molecular weight excluding hydrogens is 315 g/mol. The number of rotatable bonds is 4. The summed E-state index contributed by atoms with van der Waals surface area (Å²) >= 11 is 0. The van der Waals surface area contributed by atoms with Crippen molar-refractivity contribution in [1.29, 1.82) is 0 Å². The third kappa shape index (κ3) is 2.53. The molecule has 2 saturated heterocycles. The fourth-order valence-electron chi connectivity index (χ4n) is 3.36. The quantitative estimate of drug-likeness (QED) is 0.839. The predicted octanol–water partition coefficient (Wildman–Crippen LogP) is 1.60. The van der Waals surface area contributed by atoms with Crippen LogP contribution < -0.4 is 4.74 Å². The van der Waals surface area contributed by atoms with E-state index in [9.17, 15) is 14.0 Å². The van der Waals surface area contributed by atoms with Crippen molar-refractivity contribution in [2.75, 3.05) is 26.7 Å². The van der Waals surface area contributed by atoms with E-state index in [2.05, 4.69) is 0 Å². The zero-order valence-electron chi connectivity index (χ0n) is 13.5. The van der Waals surface area contributed by atoms with Crippen LogP contribution in [-0.4, -0.2) is 54.1 Å². The molecule has 1 spiro atoms. The van der Waals surface area contributed by atoms with Gasteiger partial charge in [-0.25, -0.2) is 9.45 Å². The van der Waals surface area contributed by atoms with Crippen molar-refractivity contribution in [1.82, 2.24) is 9.96 Å². The number of carbonyl (C=O) groups is 2. The van der Waals surface area contributed by atoms with Gasteiger partial charge in [-0.1, -0.05) is 6.07 Å². The minimum Gasteiger partial charge on any atom is -0.496 e. The Balaban J connectivity index is 1.44. The largest absolute Gasteiger partial charge is 0.496 e. The third-order valence-electron chi connectivity index (χ3n) is 4.83. The summed E-state index contributed by atoms with van der Waals surface area (Å²) < 4.78 is 19.1. The smallest absolute Gasteiger partial charge is 0.260 e. The summed E-state index contributed by atoms with van der Waals surface area (Å²) in [5.41, 5.74) is -0.714. The molecule has 1 aliphatic carbocycles. The fourth-order valence-corrected chi connectivity index (χ4v) is 3.36. The molecule has 0 unspecified atom stereocenters. The van der Waals surface area contributed by atoms with E-state index in [1.54, 1.807) is 6.07 Å². The maximum absolute atomic E-state index is 14.0. The summed E-state index contributed by atoms with van der Waals surface area (Å²) in [7, 11) is 1.40. The minimum absolute atomic E-state index is 0.0301. The maximum Gasteiger partial charge on any atom is 0.260 e. The first kappa shape index (κ1) is 15.4. The van der Waals surface area contributed by atoms with Crippen LogP contribution in [0.25, 0.3) is 0 Å². The van der Waals surface area contributed by atoms with E-state index in [4.69, 9.17) is 9.57 Å². The zero-order valence-corrected chi connectivity index (χ0v) is 13.5. The monoisotopic (exact) mass is 334 g/mol. The summed E-state index contributed by atoms with van der Waals surface area (Å²) in [6.45, 7) is 1.21. The first-order chi connectivity index (χ1) is 11.5. The highest BCUT2D eigenvalue weighted by Gasteiger charge is 2.55. The van der Waals surface area contributed by atoms with E-state index >= 15 is 0 Å². The topological polar surface area (TPSA) is 59.1 Å². The van der Waals surface area contributed by atoms with E-state index in [0.717, 1.165) is 12.8 Å². The van der Waals surface area contributed by atoms with Crippen molar-refractivity contribution in [2.45, 2.75) is 24.9 Å². The lowest BCUT2D eigenvalue weighted by Gasteiger charge is -2.45. The molecule has 7 heteroatoms. The van der Waals surface area contributed by atoms with Gasteiger partial charge in [0.1, 0.15) is 22.7 Å². The first-order valence-corrected chi connectivity index (χ1v) is 8.13. The molecule has 6 nitrogen and oxygen atoms in total. The predicted molar refractivity (Wildman–Crippen MR) is 81.7 cm³/mol. The SMILES string of the molecule is COc1cccc(F)c1C(=O)N1CC2(CC(=O)N(CC3CC3)O2)C1. The lowest BCUT2D eigenvalue weighted by molar-refractivity contribution is -0.230. The molecule has 4 rings (SSSR count). The molecule has 0 N–H and O–H groups in total. The average Bonchev–Trinajstić information content (AvgIpc) is 3.27. The number of ether oxygens (including phenoxy) is 1. The van der Waals surface area contributed by atoms with Gasteiger partial charge in [-0.15, -0.1) is 0 Å². The number of carbonyl (C=O) groups excluding carboxylic acids is 2. The highest BCUT2D eigenvalue weighted by molar-refractivity contribution is 5.98. The fraction of sp³-hybridized carbons (Fsp3) is 0.529. The van der Waals surface area contributed by atoms with Crippen LogP contribution in [0, 0.1) is 11.7 Å². The molecule has 0 bridgehead atoms. The zero-order chi connectivity index (χ0) is 16.9. The summed E-state index contributed by atoms with van der Waals surface area (Å²) in [5.74, 6) is -0.326. The lowest BCUT2D eigenvalue weighted by atomic mass is 9.90. The molecule has 0 aromatic heterocycles. The molecule has 24 heavy (non-hydrogen) atoms. The van der Waals surface area contributed by atoms with Gasteiger partial charge in [0.2, 0.25) is 5.91 Å². The molecule has 2 amide bonds. The second-order valence-corrected chi connectivity index (χ2v) is 6.83. The third-order valence-corrected chi connectivity index (χ3v) is 4.83. The van der Waals surface area contributed by atoms with E-state index in [1.807, 2.05) is 0 Å². The lowest BCUT2D eigenvalue weighted by Crippen LogP contribution is -2.63. The number of halogens is 1. The molecule has 128 valence electrons. The Hall–Kier alpha value is -2.15. The Morgan fingerprint density at radius 2 is 2.17 bits per heavy atom. The molecular formula is C17H19FN2O4. The number of nitrogens with zero attached hydrogens (tertiary/aromatic N) is 2. The molecule has 1 saturated carbocycles. The number of hydrogen-bond donors (Lipinski definition) is 0. The second-order valence-electron chi connectivity index (χ2n) is 6.83. The maximum atomic E-state index is 14.0. The van der Waals surface area contributed by atoms with Gasteiger partial charge in [0.25, 0.3) is 5.91 Å². The Kier molecular flexibility index (Phi) is 3.49. The van der Waals surface area contributed by atoms with Crippen molar-refractivity contribution >= 4 is 11.8 Å². The van der Waals surface area contributed by atoms with Crippen molar-refractivity contribution < 1.29 is 23.6 Å². The Morgan fingerprint density at radius 1 is 1.42 bits per heavy atom. The van der Waals surface area contributed by atoms with Gasteiger partial charge in [0, 0.05) is 0 Å². The summed E-state index contributed by atoms with van der Waals surface area (Å²) in [6.07, 6.45) is 2.55. The van der Waals surface area contributed by atoms with Gasteiger partial charge in [-0.05, 0) is 30.9 Å². The molecule has 0 radical (unpaired) electrons. The van der Waals surface area contributed by atoms with Gasteiger partial charge in [0.15, 0.2) is 0 Å². The summed E-state index contributed by atoms with van der Waals surface area (Å²) in [5, 5.41) is 1.45. The number of likely N-dealkylation sites (tertiary alicyclic amines) is 1. The van der Waals surface area contributed by atoms with Crippen LogP contribution in [0.3, 0.4) is 0 Å². The minimum atomic E-state index is -0.639. The molecule has 0 atom stereocenters. The summed E-state index contributed by atoms with van der Waals surface area (Å²) in [6, 6.07) is 4.29. The van der Waals surface area contributed by atoms with Crippen LogP contribution in [0.2, 0.25) is 0 Å². The Labute approximate surface area is 139 Å². The van der Waals surface area contributed by atoms with Crippen molar-refractivity contribution in [2.24, 2.45) is 5.92 Å². The van der Waals surface area contributed by atoms with Gasteiger partial charge in [-0.2, -0.15) is 0 Å². The van der Waals surface area contributed by atoms with E-state index in [1.165, 1.54) is 29.2 Å². The van der Waals surface area contributed by atoms with Crippen molar-refractivity contribution in [3.05, 3.63) is 29.6 Å². The Bertz CT molecular complexity index is 698. The van der Waals surface area contributed by atoms with Crippen LogP contribution in [0.4, 0.5) is 4.39 Å². The van der Waals surface area contributed by atoms with Crippen LogP contribution >= 0.6 is 0 Å². The first-order valence-electron chi connectivity index (χ1n) is 8.13. The van der Waals surface area contributed by atoms with E-state index in [-0.39, 0.29) is 36.7 Å². The van der Waals surface area contributed by atoms with Gasteiger partial charge < -0.3 is 9.64 Å². The number of hydroxylamine groups is 2. The van der Waals surface area contributed by atoms with Gasteiger partial charge in [0.05, 0.1) is 33.2 Å². The molecule has 3 aliphatic rings. The van der Waals surface area contributed by atoms with E-state index in [0.29, 0.717) is 12.5 Å². The van der Waals surface area contributed by atoms with Crippen LogP contribution in [0.1, 0.15) is 29.6 Å². The van der Waals surface area contributed by atoms with Gasteiger partial charge >= 0.3 is 0 Å². The van der Waals surface area contributed by atoms with Crippen molar-refractivity contribution in [3.63, 3.8) is 0 Å². The van der Waals surface area contributed by atoms with E-state index < -0.39 is 17.3 Å². The average molecular weight is 334 g/mol. The van der Waals surface area contributed by atoms with Gasteiger partial charge in [-0.3, -0.25) is 14.4 Å². The molecule has 2 aliphatic heterocycles. The molecule has 2 heterocycles. The standard InChI is InChI=1S/C17H19FN2O4/c1-23-13-4-2-3-12(18)15(13)16(22)19-9-17(10-19)7-14(21)20(24-17)8-11-5-6-11/h2-4,11H,5-10H2,1H3. The normalized spacial score (nSPS) is 22.0. The van der Waals surface area contributed by atoms with Crippen LogP contribution in [0.5, 0.6) is 5.75 Å². The number of hydrogen-bond acceptors (Lipinski definition) is 4. The second kappa shape index (κ2) is 5.44. The molecule has 1 aromatic carbocycles. The molecule has 3 fully saturated rings. The van der Waals surface area contributed by atoms with Crippen LogP contribution in [0.15, 0.2) is 18.2 Å². The highest BCUT2D eigenvalue weighted by atomic mass is 19.1. The van der Waals surface area contributed by atoms with Crippen LogP contribution in [-0.2, 0) is 9.63 Å². The number of benzene rings is 1.